The molecule has 0 aliphatic carbocycles. The number of aryl methyl sites for hydroxylation is 2. The fraction of sp³-hybridized carbons (Fsp3) is 0.261. The molecule has 1 N–H and O–H groups in total. The zero-order valence-corrected chi connectivity index (χ0v) is 18.3. The second kappa shape index (κ2) is 9.22. The number of aromatic nitrogens is 3. The Hall–Kier alpha value is -3.40. The van der Waals surface area contributed by atoms with Gasteiger partial charge in [-0.05, 0) is 50.6 Å². The van der Waals surface area contributed by atoms with Crippen LogP contribution < -0.4 is 5.49 Å². The van der Waals surface area contributed by atoms with Crippen LogP contribution in [-0.4, -0.2) is 26.2 Å². The number of allylic oxidation sites excluding steroid dienone is 1. The first kappa shape index (κ1) is 24.2. The molecule has 3 aromatic rings. The van der Waals surface area contributed by atoms with E-state index in [1.54, 1.807) is 20.9 Å². The van der Waals surface area contributed by atoms with Crippen molar-refractivity contribution in [3.05, 3.63) is 76.4 Å². The number of benzene rings is 1. The number of hydrogen-bond acceptors (Lipinski definition) is 4. The summed E-state index contributed by atoms with van der Waals surface area (Å²) >= 11 is 0. The average Bonchev–Trinajstić information content (AvgIpc) is 2.73. The highest BCUT2D eigenvalue weighted by atomic mass is 19.4. The maximum absolute atomic E-state index is 14.8. The third kappa shape index (κ3) is 5.00. The third-order valence-corrected chi connectivity index (χ3v) is 5.00. The third-order valence-electron chi connectivity index (χ3n) is 5.00. The molecule has 0 radical (unpaired) electrons. The monoisotopic (exact) mass is 464 g/mol. The minimum Gasteiger partial charge on any atom is -0.390 e. The van der Waals surface area contributed by atoms with Gasteiger partial charge < -0.3 is 9.67 Å². The first-order chi connectivity index (χ1) is 15.5. The Bertz CT molecular complexity index is 1310. The molecule has 1 aromatic carbocycles. The van der Waals surface area contributed by atoms with E-state index in [1.807, 2.05) is 0 Å². The van der Waals surface area contributed by atoms with Crippen molar-refractivity contribution in [3.8, 4) is 22.4 Å². The first-order valence-corrected chi connectivity index (χ1v) is 9.86. The largest absolute Gasteiger partial charge is 0.433 e. The Morgan fingerprint density at radius 3 is 2.39 bits per heavy atom. The lowest BCUT2D eigenvalue weighted by atomic mass is 9.98. The molecule has 0 spiro atoms. The lowest BCUT2D eigenvalue weighted by Crippen LogP contribution is -2.26. The van der Waals surface area contributed by atoms with Crippen molar-refractivity contribution in [3.63, 3.8) is 0 Å². The molecule has 0 saturated carbocycles. The predicted molar refractivity (Wildman–Crippen MR) is 113 cm³/mol. The highest BCUT2D eigenvalue weighted by molar-refractivity contribution is 5.80. The van der Waals surface area contributed by atoms with Crippen LogP contribution in [-0.2, 0) is 13.2 Å². The summed E-state index contributed by atoms with van der Waals surface area (Å²) in [6, 6.07) is 5.11. The van der Waals surface area contributed by atoms with Crippen molar-refractivity contribution in [2.75, 3.05) is 6.61 Å². The van der Waals surface area contributed by atoms with Crippen molar-refractivity contribution < 1.29 is 27.1 Å². The van der Waals surface area contributed by atoms with Gasteiger partial charge in [-0.15, -0.1) is 0 Å². The van der Waals surface area contributed by atoms with E-state index in [2.05, 4.69) is 15.0 Å². The van der Waals surface area contributed by atoms with Crippen LogP contribution in [0.4, 0.5) is 22.0 Å². The molecule has 33 heavy (non-hydrogen) atoms. The molecule has 10 heteroatoms. The molecule has 3 rings (SSSR count). The van der Waals surface area contributed by atoms with Crippen LogP contribution in [0.1, 0.15) is 24.1 Å². The van der Waals surface area contributed by atoms with E-state index in [9.17, 15) is 27.1 Å². The fourth-order valence-electron chi connectivity index (χ4n) is 3.28. The molecule has 0 aliphatic rings. The number of aliphatic hydroxyl groups is 1. The number of nitrogens with zero attached hydrogens (tertiary/aromatic N) is 4. The van der Waals surface area contributed by atoms with Crippen molar-refractivity contribution >= 4 is 0 Å². The smallest absolute Gasteiger partial charge is 0.390 e. The van der Waals surface area contributed by atoms with Gasteiger partial charge in [-0.1, -0.05) is 6.08 Å². The summed E-state index contributed by atoms with van der Waals surface area (Å²) in [5, 5.41) is 9.62. The van der Waals surface area contributed by atoms with Gasteiger partial charge >= 0.3 is 6.18 Å². The Labute approximate surface area is 186 Å². The Morgan fingerprint density at radius 1 is 1.12 bits per heavy atom. The van der Waals surface area contributed by atoms with Gasteiger partial charge in [0.25, 0.3) is 0 Å². The minimum absolute atomic E-state index is 0.0195. The SMILES string of the molecule is C/C=C(CO)\N=c1\c(-c2cc(C)nc(C(F)(F)F)c2)c(-c2ccc(F)cc2F)nc(C)n1C. The molecular formula is C23H21F5N4O. The Morgan fingerprint density at radius 2 is 1.82 bits per heavy atom. The summed E-state index contributed by atoms with van der Waals surface area (Å²) in [5.41, 5.74) is -0.679. The molecule has 2 heterocycles. The maximum Gasteiger partial charge on any atom is 0.433 e. The minimum atomic E-state index is -4.72. The van der Waals surface area contributed by atoms with Gasteiger partial charge in [0, 0.05) is 24.4 Å². The van der Waals surface area contributed by atoms with Crippen LogP contribution in [0, 0.1) is 25.5 Å². The number of pyridine rings is 1. The molecule has 0 amide bonds. The van der Waals surface area contributed by atoms with E-state index >= 15 is 0 Å². The standard InChI is InChI=1S/C23H21F5N4O/c1-5-16(11-33)31-22-20(14-8-12(2)29-19(9-14)23(26,27)28)21(30-13(3)32(22)4)17-7-6-15(24)10-18(17)25/h5-10,33H,11H2,1-4H3/b16-5-,31-22-. The molecule has 174 valence electrons. The van der Waals surface area contributed by atoms with Crippen LogP contribution >= 0.6 is 0 Å². The first-order valence-electron chi connectivity index (χ1n) is 9.86. The highest BCUT2D eigenvalue weighted by Gasteiger charge is 2.33. The average molecular weight is 464 g/mol. The maximum atomic E-state index is 14.8. The predicted octanol–water partition coefficient (Wildman–Crippen LogP) is 4.86. The molecule has 0 fully saturated rings. The van der Waals surface area contributed by atoms with Gasteiger partial charge in [0.15, 0.2) is 0 Å². The number of aliphatic hydroxyl groups excluding tert-OH is 1. The number of alkyl halides is 3. The second-order valence-electron chi connectivity index (χ2n) is 7.32. The van der Waals surface area contributed by atoms with Crippen LogP contribution in [0.3, 0.4) is 0 Å². The van der Waals surface area contributed by atoms with Gasteiger partial charge in [-0.2, -0.15) is 13.2 Å². The molecule has 2 aromatic heterocycles. The molecule has 0 saturated heterocycles. The summed E-state index contributed by atoms with van der Waals surface area (Å²) in [7, 11) is 1.60. The van der Waals surface area contributed by atoms with Gasteiger partial charge in [-0.25, -0.2) is 23.7 Å². The van der Waals surface area contributed by atoms with E-state index in [1.165, 1.54) is 29.7 Å². The van der Waals surface area contributed by atoms with Gasteiger partial charge in [-0.3, -0.25) is 0 Å². The number of rotatable bonds is 4. The van der Waals surface area contributed by atoms with Crippen molar-refractivity contribution in [1.82, 2.24) is 14.5 Å². The zero-order chi connectivity index (χ0) is 24.5. The van der Waals surface area contributed by atoms with Gasteiger partial charge in [0.2, 0.25) is 0 Å². The number of halogens is 5. The quantitative estimate of drug-likeness (QED) is 0.561. The molecule has 0 unspecified atom stereocenters. The van der Waals surface area contributed by atoms with E-state index < -0.39 is 30.1 Å². The van der Waals surface area contributed by atoms with Gasteiger partial charge in [0.05, 0.1) is 23.6 Å². The topological polar surface area (TPSA) is 63.3 Å². The number of hydrogen-bond donors (Lipinski definition) is 1. The summed E-state index contributed by atoms with van der Waals surface area (Å²) in [6.45, 7) is 4.23. The lowest BCUT2D eigenvalue weighted by Gasteiger charge is -2.17. The highest BCUT2D eigenvalue weighted by Crippen LogP contribution is 2.34. The summed E-state index contributed by atoms with van der Waals surface area (Å²) in [5.74, 6) is -1.37. The molecule has 5 nitrogen and oxygen atoms in total. The molecular weight excluding hydrogens is 443 g/mol. The van der Waals surface area contributed by atoms with E-state index in [0.29, 0.717) is 11.9 Å². The zero-order valence-electron chi connectivity index (χ0n) is 18.3. The Kier molecular flexibility index (Phi) is 6.78. The van der Waals surface area contributed by atoms with Crippen molar-refractivity contribution in [1.29, 1.82) is 0 Å². The van der Waals surface area contributed by atoms with E-state index in [4.69, 9.17) is 0 Å². The Balaban J connectivity index is 2.55. The molecule has 0 bridgehead atoms. The fourth-order valence-corrected chi connectivity index (χ4v) is 3.28. The summed E-state index contributed by atoms with van der Waals surface area (Å²) < 4.78 is 70.4. The van der Waals surface area contributed by atoms with Crippen LogP contribution in [0.25, 0.3) is 22.4 Å². The van der Waals surface area contributed by atoms with Crippen LogP contribution in [0.15, 0.2) is 47.1 Å². The summed E-state index contributed by atoms with van der Waals surface area (Å²) in [4.78, 5) is 12.4. The van der Waals surface area contributed by atoms with E-state index in [0.717, 1.165) is 12.1 Å². The normalized spacial score (nSPS) is 13.0. The van der Waals surface area contributed by atoms with Crippen molar-refractivity contribution in [2.24, 2.45) is 12.0 Å². The van der Waals surface area contributed by atoms with Crippen molar-refractivity contribution in [2.45, 2.75) is 26.9 Å². The second-order valence-corrected chi connectivity index (χ2v) is 7.32. The van der Waals surface area contributed by atoms with Crippen LogP contribution in [0.5, 0.6) is 0 Å². The van der Waals surface area contributed by atoms with Crippen LogP contribution in [0.2, 0.25) is 0 Å². The van der Waals surface area contributed by atoms with Gasteiger partial charge in [0.1, 0.15) is 28.6 Å². The lowest BCUT2D eigenvalue weighted by molar-refractivity contribution is -0.141. The summed E-state index contributed by atoms with van der Waals surface area (Å²) in [6.07, 6.45) is -3.18. The van der Waals surface area contributed by atoms with E-state index in [-0.39, 0.29) is 39.3 Å². The molecule has 0 aliphatic heterocycles. The molecule has 0 atom stereocenters.